The van der Waals surface area contributed by atoms with E-state index in [-0.39, 0.29) is 11.9 Å². The van der Waals surface area contributed by atoms with Crippen molar-refractivity contribution in [1.29, 1.82) is 0 Å². The molecule has 4 N–H and O–H groups in total. The van der Waals surface area contributed by atoms with Crippen molar-refractivity contribution in [2.45, 2.75) is 38.5 Å². The molecule has 0 saturated heterocycles. The van der Waals surface area contributed by atoms with Gasteiger partial charge < -0.3 is 10.6 Å². The lowest BCUT2D eigenvalue weighted by molar-refractivity contribution is 0.0747. The monoisotopic (exact) mass is 450 g/mol. The van der Waals surface area contributed by atoms with Crippen molar-refractivity contribution in [1.82, 2.24) is 25.7 Å². The molecule has 2 aliphatic rings. The van der Waals surface area contributed by atoms with Gasteiger partial charge in [-0.15, -0.1) is 0 Å². The first-order valence-electron chi connectivity index (χ1n) is 11.7. The summed E-state index contributed by atoms with van der Waals surface area (Å²) in [6.45, 7) is 1.85. The van der Waals surface area contributed by atoms with Crippen molar-refractivity contribution in [3.8, 4) is 11.1 Å². The number of benzene rings is 3. The van der Waals surface area contributed by atoms with Gasteiger partial charge in [-0.1, -0.05) is 54.6 Å². The number of anilines is 1. The van der Waals surface area contributed by atoms with Crippen LogP contribution in [-0.4, -0.2) is 26.8 Å². The quantitative estimate of drug-likeness (QED) is 0.387. The van der Waals surface area contributed by atoms with Crippen molar-refractivity contribution >= 4 is 22.8 Å². The predicted octanol–water partition coefficient (Wildman–Crippen LogP) is 3.79. The molecule has 0 bridgehead atoms. The zero-order valence-corrected chi connectivity index (χ0v) is 18.8. The maximum Gasteiger partial charge on any atom is 0.273 e. The lowest BCUT2D eigenvalue weighted by Gasteiger charge is -2.17. The molecule has 0 atom stereocenters. The first-order chi connectivity index (χ1) is 16.7. The molecule has 170 valence electrons. The molecular weight excluding hydrogens is 424 g/mol. The number of hydrazine groups is 1. The van der Waals surface area contributed by atoms with Crippen LogP contribution >= 0.6 is 0 Å². The Morgan fingerprint density at radius 2 is 1.71 bits per heavy atom. The SMILES string of the molecule is Nc1nc(C(=O)N2Cc3ccccc3C2)c2cc(-c3ccccc3CNNC3CC3)ccc2n1. The maximum atomic E-state index is 13.6. The zero-order valence-electron chi connectivity index (χ0n) is 18.8. The van der Waals surface area contributed by atoms with Gasteiger partial charge in [0.05, 0.1) is 5.52 Å². The van der Waals surface area contributed by atoms with Gasteiger partial charge in [0, 0.05) is 31.1 Å². The molecule has 0 spiro atoms. The number of amides is 1. The number of carbonyl (C=O) groups excluding carboxylic acids is 1. The van der Waals surface area contributed by atoms with Gasteiger partial charge in [0.25, 0.3) is 5.91 Å². The minimum Gasteiger partial charge on any atom is -0.368 e. The Balaban J connectivity index is 1.35. The Morgan fingerprint density at radius 3 is 2.47 bits per heavy atom. The molecule has 1 saturated carbocycles. The number of nitrogens with two attached hydrogens (primary N) is 1. The summed E-state index contributed by atoms with van der Waals surface area (Å²) >= 11 is 0. The molecule has 34 heavy (non-hydrogen) atoms. The molecule has 0 radical (unpaired) electrons. The van der Waals surface area contributed by atoms with Gasteiger partial charge in [0.2, 0.25) is 5.95 Å². The highest BCUT2D eigenvalue weighted by atomic mass is 16.2. The van der Waals surface area contributed by atoms with Crippen LogP contribution in [0.3, 0.4) is 0 Å². The van der Waals surface area contributed by atoms with E-state index in [9.17, 15) is 4.79 Å². The molecule has 4 aromatic rings. The molecule has 1 aliphatic heterocycles. The number of fused-ring (bicyclic) bond motifs is 2. The van der Waals surface area contributed by atoms with Crippen LogP contribution in [0.2, 0.25) is 0 Å². The van der Waals surface area contributed by atoms with E-state index in [1.807, 2.05) is 47.4 Å². The van der Waals surface area contributed by atoms with Crippen molar-refractivity contribution < 1.29 is 4.79 Å². The van der Waals surface area contributed by atoms with Crippen LogP contribution in [0, 0.1) is 0 Å². The van der Waals surface area contributed by atoms with Crippen molar-refractivity contribution in [3.05, 3.63) is 89.1 Å². The minimum atomic E-state index is -0.129. The van der Waals surface area contributed by atoms with E-state index < -0.39 is 0 Å². The third kappa shape index (κ3) is 4.00. The standard InChI is InChI=1S/C27H26N6O/c28-27-30-24-12-9-17(22-8-4-3-5-18(22)14-29-32-21-10-11-21)13-23(24)25(31-27)26(34)33-15-19-6-1-2-7-20(19)16-33/h1-9,12-13,21,29,32H,10-11,14-16H2,(H2,28,30,31). The highest BCUT2D eigenvalue weighted by molar-refractivity contribution is 6.05. The topological polar surface area (TPSA) is 96.2 Å². The summed E-state index contributed by atoms with van der Waals surface area (Å²) in [6.07, 6.45) is 2.45. The number of nitrogen functional groups attached to an aromatic ring is 1. The Labute approximate surface area is 198 Å². The average Bonchev–Trinajstić information content (AvgIpc) is 3.58. The van der Waals surface area contributed by atoms with Crippen LogP contribution in [-0.2, 0) is 19.6 Å². The number of hydrogen-bond acceptors (Lipinski definition) is 6. The van der Waals surface area contributed by atoms with Crippen LogP contribution in [0.4, 0.5) is 5.95 Å². The van der Waals surface area contributed by atoms with Crippen molar-refractivity contribution in [2.24, 2.45) is 0 Å². The zero-order chi connectivity index (χ0) is 23.1. The largest absolute Gasteiger partial charge is 0.368 e. The Morgan fingerprint density at radius 1 is 0.971 bits per heavy atom. The van der Waals surface area contributed by atoms with Gasteiger partial charge in [0.1, 0.15) is 5.69 Å². The number of aromatic nitrogens is 2. The summed E-state index contributed by atoms with van der Waals surface area (Å²) in [5.74, 6) is -0.0212. The van der Waals surface area contributed by atoms with Crippen LogP contribution in [0.1, 0.15) is 40.0 Å². The Hall–Kier alpha value is -3.81. The lowest BCUT2D eigenvalue weighted by atomic mass is 9.97. The summed E-state index contributed by atoms with van der Waals surface area (Å²) in [4.78, 5) is 24.2. The van der Waals surface area contributed by atoms with Gasteiger partial charge >= 0.3 is 0 Å². The number of nitrogens with zero attached hydrogens (tertiary/aromatic N) is 3. The fraction of sp³-hybridized carbons (Fsp3) is 0.222. The summed E-state index contributed by atoms with van der Waals surface area (Å²) < 4.78 is 0. The Kier molecular flexibility index (Phi) is 5.20. The van der Waals surface area contributed by atoms with Gasteiger partial charge in [-0.25, -0.2) is 9.97 Å². The molecule has 7 heteroatoms. The Bertz CT molecular complexity index is 1370. The maximum absolute atomic E-state index is 13.6. The molecular formula is C27H26N6O. The molecule has 2 heterocycles. The number of carbonyl (C=O) groups is 1. The third-order valence-electron chi connectivity index (χ3n) is 6.53. The fourth-order valence-corrected chi connectivity index (χ4v) is 4.58. The van der Waals surface area contributed by atoms with Crippen LogP contribution in [0.15, 0.2) is 66.7 Å². The van der Waals surface area contributed by atoms with Crippen LogP contribution in [0.5, 0.6) is 0 Å². The minimum absolute atomic E-state index is 0.107. The predicted molar refractivity (Wildman–Crippen MR) is 132 cm³/mol. The van der Waals surface area contributed by atoms with E-state index in [0.29, 0.717) is 42.3 Å². The average molecular weight is 451 g/mol. The molecule has 1 aliphatic carbocycles. The van der Waals surface area contributed by atoms with E-state index >= 15 is 0 Å². The number of nitrogens with one attached hydrogen (secondary N) is 2. The second-order valence-corrected chi connectivity index (χ2v) is 9.02. The summed E-state index contributed by atoms with van der Waals surface area (Å²) in [5, 5.41) is 0.714. The van der Waals surface area contributed by atoms with E-state index in [4.69, 9.17) is 5.73 Å². The summed E-state index contributed by atoms with van der Waals surface area (Å²) in [6, 6.07) is 23.0. The number of hydrogen-bond donors (Lipinski definition) is 3. The van der Waals surface area contributed by atoms with E-state index in [1.54, 1.807) is 0 Å². The van der Waals surface area contributed by atoms with E-state index in [1.165, 1.54) is 29.5 Å². The fourth-order valence-electron chi connectivity index (χ4n) is 4.58. The molecule has 0 unspecified atom stereocenters. The van der Waals surface area contributed by atoms with Crippen LogP contribution in [0.25, 0.3) is 22.0 Å². The second-order valence-electron chi connectivity index (χ2n) is 9.02. The molecule has 1 fully saturated rings. The summed E-state index contributed by atoms with van der Waals surface area (Å²) in [5.41, 5.74) is 19.3. The molecule has 1 aromatic heterocycles. The molecule has 3 aromatic carbocycles. The van der Waals surface area contributed by atoms with Gasteiger partial charge in [-0.3, -0.25) is 15.6 Å². The highest BCUT2D eigenvalue weighted by Crippen LogP contribution is 2.30. The molecule has 7 nitrogen and oxygen atoms in total. The molecule has 1 amide bonds. The van der Waals surface area contributed by atoms with Crippen molar-refractivity contribution in [2.75, 3.05) is 5.73 Å². The highest BCUT2D eigenvalue weighted by Gasteiger charge is 2.27. The third-order valence-corrected chi connectivity index (χ3v) is 6.53. The van der Waals surface area contributed by atoms with E-state index in [0.717, 1.165) is 11.1 Å². The van der Waals surface area contributed by atoms with Crippen LogP contribution < -0.4 is 16.6 Å². The molecule has 6 rings (SSSR count). The number of rotatable bonds is 6. The first kappa shape index (κ1) is 20.8. The van der Waals surface area contributed by atoms with Gasteiger partial charge in [-0.2, -0.15) is 0 Å². The van der Waals surface area contributed by atoms with Gasteiger partial charge in [0.15, 0.2) is 0 Å². The second kappa shape index (κ2) is 8.52. The van der Waals surface area contributed by atoms with Gasteiger partial charge in [-0.05, 0) is 52.8 Å². The smallest absolute Gasteiger partial charge is 0.273 e. The summed E-state index contributed by atoms with van der Waals surface area (Å²) in [7, 11) is 0. The lowest BCUT2D eigenvalue weighted by Crippen LogP contribution is -2.33. The first-order valence-corrected chi connectivity index (χ1v) is 11.7. The normalized spacial score (nSPS) is 15.0. The van der Waals surface area contributed by atoms with E-state index in [2.05, 4.69) is 45.1 Å². The van der Waals surface area contributed by atoms with Crippen molar-refractivity contribution in [3.63, 3.8) is 0 Å².